The molecule has 0 aliphatic carbocycles. The van der Waals surface area contributed by atoms with Gasteiger partial charge in [-0.05, 0) is 62.6 Å². The van der Waals surface area contributed by atoms with Crippen molar-refractivity contribution in [1.29, 1.82) is 0 Å². The third-order valence-electron chi connectivity index (χ3n) is 3.88. The molecule has 0 radical (unpaired) electrons. The molecule has 0 atom stereocenters. The van der Waals surface area contributed by atoms with Crippen LogP contribution in [0.2, 0.25) is 0 Å². The quantitative estimate of drug-likeness (QED) is 0.576. The summed E-state index contributed by atoms with van der Waals surface area (Å²) in [6.07, 6.45) is 17.1. The Morgan fingerprint density at radius 3 is 1.80 bits per heavy atom. The fraction of sp³-hybridized carbons (Fsp3) is 0.167. The minimum absolute atomic E-state index is 1.09. The number of allylic oxidation sites excluding steroid dienone is 4. The average molecular weight is 329 g/mol. The van der Waals surface area contributed by atoms with Crippen LogP contribution in [-0.2, 0) is 0 Å². The van der Waals surface area contributed by atoms with Crippen molar-refractivity contribution in [3.63, 3.8) is 0 Å². The van der Waals surface area contributed by atoms with Crippen LogP contribution >= 0.6 is 0 Å². The van der Waals surface area contributed by atoms with E-state index in [9.17, 15) is 0 Å². The summed E-state index contributed by atoms with van der Waals surface area (Å²) in [6.45, 7) is 8.23. The molecule has 25 heavy (non-hydrogen) atoms. The van der Waals surface area contributed by atoms with Crippen molar-refractivity contribution in [2.24, 2.45) is 0 Å². The summed E-state index contributed by atoms with van der Waals surface area (Å²) in [7, 11) is 0. The van der Waals surface area contributed by atoms with Gasteiger partial charge in [0, 0.05) is 16.9 Å². The fourth-order valence-corrected chi connectivity index (χ4v) is 2.90. The molecule has 2 rings (SSSR count). The number of para-hydroxylation sites is 1. The molecule has 1 heteroatoms. The highest BCUT2D eigenvalue weighted by Gasteiger charge is 2.12. The van der Waals surface area contributed by atoms with Crippen LogP contribution in [0.25, 0.3) is 24.3 Å². The topological polar surface area (TPSA) is 12.0 Å². The molecule has 0 aliphatic heterocycles. The summed E-state index contributed by atoms with van der Waals surface area (Å²) in [4.78, 5) is 0. The molecule has 2 aromatic carbocycles. The summed E-state index contributed by atoms with van der Waals surface area (Å²) in [6, 6.07) is 12.5. The molecule has 1 nitrogen and oxygen atoms in total. The standard InChI is InChI=1S/C24H27N/c1-5-12-19-18-24(25-20-16-10-9-11-17-20)23(15-8-4)22(14-7-3)21(19)13-6-2/h5-18,25H,1-4H3. The van der Waals surface area contributed by atoms with Crippen molar-refractivity contribution in [3.8, 4) is 0 Å². The molecule has 0 saturated carbocycles. The van der Waals surface area contributed by atoms with E-state index >= 15 is 0 Å². The highest BCUT2D eigenvalue weighted by atomic mass is 14.9. The molecular weight excluding hydrogens is 302 g/mol. The Morgan fingerprint density at radius 2 is 1.20 bits per heavy atom. The second-order valence-corrected chi connectivity index (χ2v) is 5.75. The lowest BCUT2D eigenvalue weighted by atomic mass is 9.92. The Bertz CT molecular complexity index is 806. The van der Waals surface area contributed by atoms with Crippen LogP contribution in [0.5, 0.6) is 0 Å². The summed E-state index contributed by atoms with van der Waals surface area (Å²) in [5.74, 6) is 0. The van der Waals surface area contributed by atoms with Crippen molar-refractivity contribution in [2.75, 3.05) is 5.32 Å². The van der Waals surface area contributed by atoms with Gasteiger partial charge in [0.15, 0.2) is 0 Å². The number of hydrogen-bond donors (Lipinski definition) is 1. The van der Waals surface area contributed by atoms with E-state index in [0.29, 0.717) is 0 Å². The van der Waals surface area contributed by atoms with Crippen LogP contribution in [0.3, 0.4) is 0 Å². The second kappa shape index (κ2) is 9.48. The molecule has 128 valence electrons. The van der Waals surface area contributed by atoms with Crippen LogP contribution in [0, 0.1) is 0 Å². The van der Waals surface area contributed by atoms with E-state index in [1.165, 1.54) is 22.3 Å². The van der Waals surface area contributed by atoms with Gasteiger partial charge in [-0.2, -0.15) is 0 Å². The van der Waals surface area contributed by atoms with Crippen LogP contribution in [0.4, 0.5) is 11.4 Å². The molecule has 0 aliphatic rings. The van der Waals surface area contributed by atoms with Gasteiger partial charge in [-0.1, -0.05) is 66.8 Å². The Labute approximate surface area is 152 Å². The van der Waals surface area contributed by atoms with Crippen molar-refractivity contribution < 1.29 is 0 Å². The normalized spacial score (nSPS) is 12.2. The zero-order valence-electron chi connectivity index (χ0n) is 15.6. The highest BCUT2D eigenvalue weighted by molar-refractivity contribution is 5.87. The van der Waals surface area contributed by atoms with E-state index in [2.05, 4.69) is 99.8 Å². The fourth-order valence-electron chi connectivity index (χ4n) is 2.90. The smallest absolute Gasteiger partial charge is 0.0470 e. The number of anilines is 2. The molecule has 0 saturated heterocycles. The van der Waals surface area contributed by atoms with Gasteiger partial charge < -0.3 is 5.32 Å². The van der Waals surface area contributed by atoms with Crippen molar-refractivity contribution in [1.82, 2.24) is 0 Å². The molecule has 0 heterocycles. The Hall–Kier alpha value is -2.80. The number of hydrogen-bond acceptors (Lipinski definition) is 1. The number of nitrogens with one attached hydrogen (secondary N) is 1. The van der Waals surface area contributed by atoms with Gasteiger partial charge in [0.25, 0.3) is 0 Å². The van der Waals surface area contributed by atoms with Crippen LogP contribution in [0.1, 0.15) is 49.9 Å². The van der Waals surface area contributed by atoms with Crippen LogP contribution < -0.4 is 5.32 Å². The van der Waals surface area contributed by atoms with E-state index in [1.807, 2.05) is 18.2 Å². The molecule has 0 unspecified atom stereocenters. The Balaban J connectivity index is 2.76. The third kappa shape index (κ3) is 4.60. The van der Waals surface area contributed by atoms with Gasteiger partial charge in [-0.25, -0.2) is 0 Å². The van der Waals surface area contributed by atoms with Crippen molar-refractivity contribution in [2.45, 2.75) is 27.7 Å². The number of benzene rings is 2. The molecular formula is C24H27N. The van der Waals surface area contributed by atoms with E-state index in [4.69, 9.17) is 0 Å². The zero-order valence-corrected chi connectivity index (χ0v) is 15.6. The summed E-state index contributed by atoms with van der Waals surface area (Å²) < 4.78 is 0. The molecule has 2 aromatic rings. The predicted molar refractivity (Wildman–Crippen MR) is 115 cm³/mol. The maximum atomic E-state index is 3.58. The average Bonchev–Trinajstić information content (AvgIpc) is 2.62. The first-order chi connectivity index (χ1) is 12.2. The molecule has 0 spiro atoms. The SMILES string of the molecule is CC=Cc1cc(Nc2ccccc2)c(C=CC)c(C=CC)c1C=CC. The summed E-state index contributed by atoms with van der Waals surface area (Å²) >= 11 is 0. The largest absolute Gasteiger partial charge is 0.355 e. The minimum Gasteiger partial charge on any atom is -0.355 e. The zero-order chi connectivity index (χ0) is 18.1. The monoisotopic (exact) mass is 329 g/mol. The lowest BCUT2D eigenvalue weighted by Gasteiger charge is -2.18. The van der Waals surface area contributed by atoms with Crippen molar-refractivity contribution >= 4 is 35.7 Å². The van der Waals surface area contributed by atoms with Gasteiger partial charge in [-0.15, -0.1) is 0 Å². The molecule has 0 fully saturated rings. The number of rotatable bonds is 6. The molecule has 0 aromatic heterocycles. The second-order valence-electron chi connectivity index (χ2n) is 5.75. The first kappa shape index (κ1) is 18.5. The maximum Gasteiger partial charge on any atom is 0.0470 e. The van der Waals surface area contributed by atoms with Gasteiger partial charge >= 0.3 is 0 Å². The first-order valence-electron chi connectivity index (χ1n) is 8.79. The van der Waals surface area contributed by atoms with E-state index in [-0.39, 0.29) is 0 Å². The minimum atomic E-state index is 1.09. The van der Waals surface area contributed by atoms with Gasteiger partial charge in [0.1, 0.15) is 0 Å². The highest BCUT2D eigenvalue weighted by Crippen LogP contribution is 2.33. The maximum absolute atomic E-state index is 3.58. The van der Waals surface area contributed by atoms with E-state index < -0.39 is 0 Å². The Kier molecular flexibility index (Phi) is 7.03. The lowest BCUT2D eigenvalue weighted by molar-refractivity contribution is 1.47. The predicted octanol–water partition coefficient (Wildman–Crippen LogP) is 7.56. The lowest BCUT2D eigenvalue weighted by Crippen LogP contribution is -1.99. The Morgan fingerprint density at radius 1 is 0.640 bits per heavy atom. The van der Waals surface area contributed by atoms with E-state index in [1.54, 1.807) is 0 Å². The molecule has 0 bridgehead atoms. The van der Waals surface area contributed by atoms with Crippen LogP contribution in [-0.4, -0.2) is 0 Å². The first-order valence-corrected chi connectivity index (χ1v) is 8.79. The van der Waals surface area contributed by atoms with Gasteiger partial charge in [0.05, 0.1) is 0 Å². The van der Waals surface area contributed by atoms with Crippen LogP contribution in [0.15, 0.2) is 60.7 Å². The summed E-state index contributed by atoms with van der Waals surface area (Å²) in [5, 5.41) is 3.58. The summed E-state index contributed by atoms with van der Waals surface area (Å²) in [5.41, 5.74) is 7.08. The van der Waals surface area contributed by atoms with Gasteiger partial charge in [-0.3, -0.25) is 0 Å². The molecule has 1 N–H and O–H groups in total. The third-order valence-corrected chi connectivity index (χ3v) is 3.88. The van der Waals surface area contributed by atoms with Crippen molar-refractivity contribution in [3.05, 3.63) is 83.0 Å². The van der Waals surface area contributed by atoms with Gasteiger partial charge in [0.2, 0.25) is 0 Å². The molecule has 0 amide bonds. The van der Waals surface area contributed by atoms with E-state index in [0.717, 1.165) is 11.4 Å².